The molecule has 5 heteroatoms. The molecule has 0 aromatic heterocycles. The lowest BCUT2D eigenvalue weighted by molar-refractivity contribution is -0.146. The predicted octanol–water partition coefficient (Wildman–Crippen LogP) is 3.53. The van der Waals surface area contributed by atoms with Gasteiger partial charge in [0.25, 0.3) is 0 Å². The molecular formula is C15H30O4Si. The van der Waals surface area contributed by atoms with Crippen molar-refractivity contribution in [3.63, 3.8) is 0 Å². The van der Waals surface area contributed by atoms with Gasteiger partial charge in [0.1, 0.15) is 0 Å². The molecule has 0 radical (unpaired) electrons. The van der Waals surface area contributed by atoms with Gasteiger partial charge in [-0.05, 0) is 25.1 Å². The predicted molar refractivity (Wildman–Crippen MR) is 84.3 cm³/mol. The fraction of sp³-hybridized carbons (Fsp3) is 0.800. The van der Waals surface area contributed by atoms with Crippen LogP contribution in [0.3, 0.4) is 0 Å². The van der Waals surface area contributed by atoms with E-state index in [0.29, 0.717) is 19.8 Å². The zero-order valence-corrected chi connectivity index (χ0v) is 14.8. The Kier molecular flexibility index (Phi) is 8.31. The van der Waals surface area contributed by atoms with Gasteiger partial charge < -0.3 is 13.9 Å². The molecule has 0 unspecified atom stereocenters. The lowest BCUT2D eigenvalue weighted by atomic mass is 10.2. The van der Waals surface area contributed by atoms with Gasteiger partial charge in [0.2, 0.25) is 0 Å². The number of hydrogen-bond donors (Lipinski definition) is 0. The fourth-order valence-corrected chi connectivity index (χ4v) is 2.33. The minimum Gasteiger partial charge on any atom is -0.466 e. The minimum atomic E-state index is -1.83. The quantitative estimate of drug-likeness (QED) is 0.371. The standard InChI is InChI=1S/C15H30O4Si/c1-8-10-18-13(11-14(16)17-9-2)12-19-20(6,7)15(3,4)5/h8,13H,1,9-12H2,2-7H3/t13-/m1/s1. The van der Waals surface area contributed by atoms with Crippen LogP contribution in [0, 0.1) is 0 Å². The summed E-state index contributed by atoms with van der Waals surface area (Å²) in [6.07, 6.45) is 1.61. The average molecular weight is 302 g/mol. The molecule has 0 aliphatic heterocycles. The Hall–Kier alpha value is -0.653. The number of hydrogen-bond acceptors (Lipinski definition) is 4. The molecule has 0 saturated carbocycles. The van der Waals surface area contributed by atoms with Crippen LogP contribution in [0.2, 0.25) is 18.1 Å². The van der Waals surface area contributed by atoms with Crippen LogP contribution in [-0.4, -0.2) is 40.2 Å². The summed E-state index contributed by atoms with van der Waals surface area (Å²) in [7, 11) is -1.83. The first-order valence-electron chi connectivity index (χ1n) is 7.16. The Morgan fingerprint density at radius 2 is 1.95 bits per heavy atom. The molecule has 0 amide bonds. The van der Waals surface area contributed by atoms with Gasteiger partial charge in [-0.25, -0.2) is 0 Å². The molecule has 0 spiro atoms. The lowest BCUT2D eigenvalue weighted by Crippen LogP contribution is -2.43. The minimum absolute atomic E-state index is 0.139. The van der Waals surface area contributed by atoms with Crippen LogP contribution in [0.1, 0.15) is 34.1 Å². The normalized spacial score (nSPS) is 13.9. The van der Waals surface area contributed by atoms with Gasteiger partial charge in [0.15, 0.2) is 8.32 Å². The molecule has 0 bridgehead atoms. The van der Waals surface area contributed by atoms with Gasteiger partial charge in [0, 0.05) is 0 Å². The molecule has 1 atom stereocenters. The van der Waals surface area contributed by atoms with E-state index in [1.54, 1.807) is 13.0 Å². The first-order chi connectivity index (χ1) is 9.14. The van der Waals surface area contributed by atoms with Gasteiger partial charge in [0.05, 0.1) is 32.3 Å². The maximum atomic E-state index is 11.6. The molecule has 4 nitrogen and oxygen atoms in total. The zero-order chi connectivity index (χ0) is 15.8. The molecule has 0 fully saturated rings. The largest absolute Gasteiger partial charge is 0.466 e. The summed E-state index contributed by atoms with van der Waals surface area (Å²) in [4.78, 5) is 11.6. The molecule has 0 aliphatic rings. The van der Waals surface area contributed by atoms with E-state index in [0.717, 1.165) is 0 Å². The molecule has 0 rings (SSSR count). The highest BCUT2D eigenvalue weighted by molar-refractivity contribution is 6.74. The summed E-state index contributed by atoms with van der Waals surface area (Å²) in [6.45, 7) is 17.5. The molecule has 118 valence electrons. The molecule has 0 aromatic rings. The molecule has 0 aliphatic carbocycles. The molecule has 0 heterocycles. The van der Waals surface area contributed by atoms with Crippen molar-refractivity contribution < 1.29 is 18.7 Å². The Morgan fingerprint density at radius 3 is 2.40 bits per heavy atom. The Morgan fingerprint density at radius 1 is 1.35 bits per heavy atom. The van der Waals surface area contributed by atoms with Gasteiger partial charge >= 0.3 is 5.97 Å². The van der Waals surface area contributed by atoms with Crippen molar-refractivity contribution in [1.29, 1.82) is 0 Å². The fourth-order valence-electron chi connectivity index (χ4n) is 1.29. The first-order valence-corrected chi connectivity index (χ1v) is 10.1. The maximum absolute atomic E-state index is 11.6. The number of ether oxygens (including phenoxy) is 2. The number of esters is 1. The lowest BCUT2D eigenvalue weighted by Gasteiger charge is -2.37. The first kappa shape index (κ1) is 19.3. The highest BCUT2D eigenvalue weighted by Crippen LogP contribution is 2.36. The van der Waals surface area contributed by atoms with Crippen LogP contribution in [0.5, 0.6) is 0 Å². The van der Waals surface area contributed by atoms with Crippen molar-refractivity contribution in [2.24, 2.45) is 0 Å². The van der Waals surface area contributed by atoms with Crippen molar-refractivity contribution in [3.8, 4) is 0 Å². The number of carbonyl (C=O) groups excluding carboxylic acids is 1. The van der Waals surface area contributed by atoms with Crippen LogP contribution < -0.4 is 0 Å². The van der Waals surface area contributed by atoms with E-state index < -0.39 is 8.32 Å². The topological polar surface area (TPSA) is 44.8 Å². The maximum Gasteiger partial charge on any atom is 0.308 e. The van der Waals surface area contributed by atoms with Gasteiger partial charge in [-0.15, -0.1) is 6.58 Å². The Labute approximate surface area is 124 Å². The molecular weight excluding hydrogens is 272 g/mol. The smallest absolute Gasteiger partial charge is 0.308 e. The van der Waals surface area contributed by atoms with Crippen molar-refractivity contribution in [1.82, 2.24) is 0 Å². The van der Waals surface area contributed by atoms with Crippen molar-refractivity contribution in [2.45, 2.75) is 58.4 Å². The van der Waals surface area contributed by atoms with E-state index in [1.165, 1.54) is 0 Å². The van der Waals surface area contributed by atoms with E-state index in [9.17, 15) is 4.79 Å². The second-order valence-electron chi connectivity index (χ2n) is 6.32. The van der Waals surface area contributed by atoms with Crippen molar-refractivity contribution in [3.05, 3.63) is 12.7 Å². The summed E-state index contributed by atoms with van der Waals surface area (Å²) in [6, 6.07) is 0. The van der Waals surface area contributed by atoms with Crippen molar-refractivity contribution in [2.75, 3.05) is 19.8 Å². The van der Waals surface area contributed by atoms with Crippen LogP contribution in [0.15, 0.2) is 12.7 Å². The van der Waals surface area contributed by atoms with E-state index in [2.05, 4.69) is 40.4 Å². The van der Waals surface area contributed by atoms with Gasteiger partial charge in [-0.1, -0.05) is 26.8 Å². The Balaban J connectivity index is 4.50. The van der Waals surface area contributed by atoms with Crippen LogP contribution in [0.4, 0.5) is 0 Å². The molecule has 0 aromatic carbocycles. The second-order valence-corrected chi connectivity index (χ2v) is 11.1. The monoisotopic (exact) mass is 302 g/mol. The molecule has 0 saturated heterocycles. The number of rotatable bonds is 9. The summed E-state index contributed by atoms with van der Waals surface area (Å²) in [5.74, 6) is -0.250. The summed E-state index contributed by atoms with van der Waals surface area (Å²) >= 11 is 0. The third-order valence-corrected chi connectivity index (χ3v) is 8.09. The van der Waals surface area contributed by atoms with Gasteiger partial charge in [-0.3, -0.25) is 4.79 Å². The van der Waals surface area contributed by atoms with Crippen LogP contribution in [-0.2, 0) is 18.7 Å². The number of carbonyl (C=O) groups is 1. The average Bonchev–Trinajstić information content (AvgIpc) is 2.31. The molecule has 20 heavy (non-hydrogen) atoms. The highest BCUT2D eigenvalue weighted by atomic mass is 28.4. The Bertz CT molecular complexity index is 307. The highest BCUT2D eigenvalue weighted by Gasteiger charge is 2.37. The van der Waals surface area contributed by atoms with E-state index in [4.69, 9.17) is 13.9 Å². The SMILES string of the molecule is C=CCO[C@@H](CO[Si](C)(C)C(C)(C)C)CC(=O)OCC. The summed E-state index contributed by atoms with van der Waals surface area (Å²) in [5, 5.41) is 0.139. The van der Waals surface area contributed by atoms with Gasteiger partial charge in [-0.2, -0.15) is 0 Å². The summed E-state index contributed by atoms with van der Waals surface area (Å²) in [5.41, 5.74) is 0. The van der Waals surface area contributed by atoms with E-state index in [-0.39, 0.29) is 23.5 Å². The van der Waals surface area contributed by atoms with Crippen LogP contribution >= 0.6 is 0 Å². The van der Waals surface area contributed by atoms with Crippen molar-refractivity contribution >= 4 is 14.3 Å². The third-order valence-electron chi connectivity index (χ3n) is 3.59. The van der Waals surface area contributed by atoms with Crippen LogP contribution in [0.25, 0.3) is 0 Å². The van der Waals surface area contributed by atoms with E-state index >= 15 is 0 Å². The third kappa shape index (κ3) is 7.22. The van der Waals surface area contributed by atoms with E-state index in [1.807, 2.05) is 0 Å². The zero-order valence-electron chi connectivity index (χ0n) is 13.8. The summed E-state index contributed by atoms with van der Waals surface area (Å²) < 4.78 is 16.7. The molecule has 0 N–H and O–H groups in total. The second kappa shape index (κ2) is 8.59.